The van der Waals surface area contributed by atoms with Crippen LogP contribution in [-0.4, -0.2) is 22.3 Å². The molecule has 5 nitrogen and oxygen atoms in total. The van der Waals surface area contributed by atoms with Gasteiger partial charge < -0.3 is 4.74 Å². The first-order valence-electron chi connectivity index (χ1n) is 7.90. The molecule has 2 rings (SSSR count). The van der Waals surface area contributed by atoms with E-state index in [-0.39, 0.29) is 30.9 Å². The van der Waals surface area contributed by atoms with Crippen molar-refractivity contribution in [1.82, 2.24) is 4.98 Å². The summed E-state index contributed by atoms with van der Waals surface area (Å²) in [4.78, 5) is 28.5. The first-order chi connectivity index (χ1) is 11.1. The van der Waals surface area contributed by atoms with Gasteiger partial charge >= 0.3 is 11.8 Å². The van der Waals surface area contributed by atoms with Crippen molar-refractivity contribution in [3.8, 4) is 6.57 Å². The highest BCUT2D eigenvalue weighted by Crippen LogP contribution is 2.25. The number of pyridine rings is 1. The molecular formula is C19H30FN2O3+. The van der Waals surface area contributed by atoms with Crippen LogP contribution in [0.15, 0.2) is 12.3 Å². The van der Waals surface area contributed by atoms with Gasteiger partial charge in [0, 0.05) is 12.8 Å². The molecule has 0 N–H and O–H groups in total. The van der Waals surface area contributed by atoms with Gasteiger partial charge in [-0.1, -0.05) is 21.3 Å². The summed E-state index contributed by atoms with van der Waals surface area (Å²) in [5.74, 6) is -0.780. The van der Waals surface area contributed by atoms with Crippen molar-refractivity contribution in [2.45, 2.75) is 67.4 Å². The van der Waals surface area contributed by atoms with E-state index in [1.165, 1.54) is 12.3 Å². The number of esters is 1. The maximum absolute atomic E-state index is 12.6. The minimum absolute atomic E-state index is 0. The highest BCUT2D eigenvalue weighted by molar-refractivity contribution is 5.94. The van der Waals surface area contributed by atoms with Crippen molar-refractivity contribution >= 4 is 17.6 Å². The van der Waals surface area contributed by atoms with E-state index in [0.717, 1.165) is 5.56 Å². The molecule has 0 atom stereocenters. The Morgan fingerprint density at radius 1 is 1.36 bits per heavy atom. The fourth-order valence-electron chi connectivity index (χ4n) is 1.66. The molecule has 0 aliphatic heterocycles. The standard InChI is InChI=1S/C9H14O3.C7H6FN2.C2H6.CH4/c1-9(2,3)12-8(11)6-4-7(10)5-6;1-5-3-6(8)7(9-2)10-4-5;1-2;/h6H,4-5H2,1-3H3;2-4H,1H3;1-2H3;1H4/q;+1;;. The topological polar surface area (TPSA) is 60.6 Å². The Morgan fingerprint density at radius 3 is 2.24 bits per heavy atom. The van der Waals surface area contributed by atoms with Crippen LogP contribution in [0.25, 0.3) is 4.85 Å². The van der Waals surface area contributed by atoms with Crippen molar-refractivity contribution < 1.29 is 18.7 Å². The van der Waals surface area contributed by atoms with Gasteiger partial charge in [0.1, 0.15) is 24.2 Å². The van der Waals surface area contributed by atoms with E-state index in [0.29, 0.717) is 12.8 Å². The zero-order valence-electron chi connectivity index (χ0n) is 15.2. The zero-order valence-corrected chi connectivity index (χ0v) is 15.2. The van der Waals surface area contributed by atoms with Gasteiger partial charge in [-0.05, 0) is 44.3 Å². The molecule has 0 aromatic carbocycles. The van der Waals surface area contributed by atoms with Crippen LogP contribution in [0.2, 0.25) is 0 Å². The van der Waals surface area contributed by atoms with Gasteiger partial charge in [-0.25, -0.2) is 0 Å². The molecule has 0 spiro atoms. The van der Waals surface area contributed by atoms with Crippen LogP contribution in [0.4, 0.5) is 10.2 Å². The largest absolute Gasteiger partial charge is 0.460 e. The predicted octanol–water partition coefficient (Wildman–Crippen LogP) is 5.09. The van der Waals surface area contributed by atoms with E-state index in [2.05, 4.69) is 9.83 Å². The molecule has 1 aromatic rings. The number of carbonyl (C=O) groups is 2. The van der Waals surface area contributed by atoms with Crippen molar-refractivity contribution in [2.24, 2.45) is 5.92 Å². The molecule has 1 fully saturated rings. The number of ether oxygens (including phenoxy) is 1. The number of hydrogen-bond donors (Lipinski definition) is 0. The summed E-state index contributed by atoms with van der Waals surface area (Å²) in [7, 11) is 0. The molecule has 0 bridgehead atoms. The summed E-state index contributed by atoms with van der Waals surface area (Å²) in [5, 5.41) is 0. The first kappa shape index (κ1) is 25.0. The molecule has 140 valence electrons. The van der Waals surface area contributed by atoms with Gasteiger partial charge in [0.15, 0.2) is 0 Å². The second-order valence-corrected chi connectivity index (χ2v) is 6.12. The van der Waals surface area contributed by atoms with Gasteiger partial charge in [0.2, 0.25) is 5.82 Å². The van der Waals surface area contributed by atoms with Gasteiger partial charge in [-0.15, -0.1) is 0 Å². The zero-order chi connectivity index (χ0) is 18.9. The molecule has 0 amide bonds. The number of Topliss-reactive ketones (excluding diaryl/α,β-unsaturated/α-hetero) is 1. The van der Waals surface area contributed by atoms with Crippen LogP contribution in [-0.2, 0) is 14.3 Å². The molecule has 6 heteroatoms. The SMILES string of the molecule is C.C#[N+]c1ncc(C)cc1F.CC.CC(C)(C)OC(=O)C1CC(=O)C1. The first-order valence-corrected chi connectivity index (χ1v) is 7.90. The molecule has 0 unspecified atom stereocenters. The van der Waals surface area contributed by atoms with Crippen molar-refractivity contribution in [1.29, 1.82) is 0 Å². The average Bonchev–Trinajstić information content (AvgIpc) is 2.45. The number of rotatable bonds is 1. The molecule has 1 aliphatic carbocycles. The molecular weight excluding hydrogens is 323 g/mol. The third-order valence-electron chi connectivity index (χ3n) is 2.77. The number of hydrogen-bond acceptors (Lipinski definition) is 4. The number of halogens is 1. The number of ketones is 1. The van der Waals surface area contributed by atoms with Gasteiger partial charge in [0.25, 0.3) is 0 Å². The minimum Gasteiger partial charge on any atom is -0.460 e. The maximum Gasteiger partial charge on any atom is 0.460 e. The third-order valence-corrected chi connectivity index (χ3v) is 2.77. The van der Waals surface area contributed by atoms with Crippen LogP contribution in [0.5, 0.6) is 0 Å². The Balaban J connectivity index is 0. The Kier molecular flexibility index (Phi) is 11.3. The highest BCUT2D eigenvalue weighted by Gasteiger charge is 2.35. The molecule has 25 heavy (non-hydrogen) atoms. The van der Waals surface area contributed by atoms with Crippen molar-refractivity contribution in [3.63, 3.8) is 0 Å². The number of aromatic nitrogens is 1. The third kappa shape index (κ3) is 9.55. The van der Waals surface area contributed by atoms with Gasteiger partial charge in [-0.3, -0.25) is 9.59 Å². The van der Waals surface area contributed by atoms with Crippen molar-refractivity contribution in [3.05, 3.63) is 28.5 Å². The van der Waals surface area contributed by atoms with E-state index in [9.17, 15) is 14.0 Å². The van der Waals surface area contributed by atoms with E-state index >= 15 is 0 Å². The Morgan fingerprint density at radius 2 is 1.88 bits per heavy atom. The number of nitrogens with zero attached hydrogens (tertiary/aromatic N) is 2. The lowest BCUT2D eigenvalue weighted by Crippen LogP contribution is -2.36. The fraction of sp³-hybridized carbons (Fsp3) is 0.579. The van der Waals surface area contributed by atoms with Crippen LogP contribution >= 0.6 is 0 Å². The van der Waals surface area contributed by atoms with E-state index < -0.39 is 11.4 Å². The van der Waals surface area contributed by atoms with Crippen LogP contribution < -0.4 is 0 Å². The minimum atomic E-state index is -0.484. The predicted molar refractivity (Wildman–Crippen MR) is 98.6 cm³/mol. The smallest absolute Gasteiger partial charge is 0.460 e. The summed E-state index contributed by atoms with van der Waals surface area (Å²) in [5.41, 5.74) is 0.320. The van der Waals surface area contributed by atoms with Crippen LogP contribution in [0, 0.1) is 25.2 Å². The average molecular weight is 353 g/mol. The normalized spacial score (nSPS) is 12.8. The second kappa shape index (κ2) is 11.3. The van der Waals surface area contributed by atoms with Gasteiger partial charge in [-0.2, -0.15) is 9.24 Å². The maximum atomic E-state index is 12.6. The number of carbonyl (C=O) groups excluding carboxylic acids is 2. The van der Waals surface area contributed by atoms with Crippen LogP contribution in [0.3, 0.4) is 0 Å². The molecule has 1 aromatic heterocycles. The summed E-state index contributed by atoms with van der Waals surface area (Å²) < 4.78 is 17.7. The molecule has 1 aliphatic rings. The fourth-order valence-corrected chi connectivity index (χ4v) is 1.66. The summed E-state index contributed by atoms with van der Waals surface area (Å²) in [6.07, 6.45) is 2.25. The van der Waals surface area contributed by atoms with Crippen molar-refractivity contribution in [2.75, 3.05) is 0 Å². The summed E-state index contributed by atoms with van der Waals surface area (Å²) >= 11 is 0. The monoisotopic (exact) mass is 353 g/mol. The highest BCUT2D eigenvalue weighted by atomic mass is 19.1. The summed E-state index contributed by atoms with van der Waals surface area (Å²) in [6, 6.07) is 1.33. The van der Waals surface area contributed by atoms with Gasteiger partial charge in [0.05, 0.1) is 5.92 Å². The quantitative estimate of drug-likeness (QED) is 0.660. The Hall–Kier alpha value is -2.29. The van der Waals surface area contributed by atoms with E-state index in [1.54, 1.807) is 6.92 Å². The second-order valence-electron chi connectivity index (χ2n) is 6.12. The summed E-state index contributed by atoms with van der Waals surface area (Å²) in [6.45, 7) is 16.0. The Bertz CT molecular complexity index is 608. The lowest BCUT2D eigenvalue weighted by atomic mass is 9.84. The number of aryl methyl sites for hydroxylation is 1. The van der Waals surface area contributed by atoms with Crippen LogP contribution in [0.1, 0.15) is 60.5 Å². The molecule has 0 radical (unpaired) electrons. The van der Waals surface area contributed by atoms with E-state index in [1.807, 2.05) is 34.6 Å². The molecule has 1 heterocycles. The molecule has 0 saturated heterocycles. The lowest BCUT2D eigenvalue weighted by molar-refractivity contribution is -0.165. The van der Waals surface area contributed by atoms with E-state index in [4.69, 9.17) is 11.3 Å². The lowest BCUT2D eigenvalue weighted by Gasteiger charge is -2.27. The molecule has 1 saturated carbocycles. The Labute approximate surface area is 150 Å².